The van der Waals surface area contributed by atoms with Crippen LogP contribution in [0.3, 0.4) is 0 Å². The standard InChI is InChI=1S/C26H26O12/c1-36-20-11-15(3-7-17(20)28)4-8-22(31)37-21-13-26(25(34)35,12-19(30)24(21)33)38-23(32)9-5-14-2-6-16(27)18(29)10-14/h2-11,19,21,24,27-30,33H,12-13H2,1H3,(H,34,35)/b8-4+,9-5+/t19-,21-,24+,26-/m1/s1. The summed E-state index contributed by atoms with van der Waals surface area (Å²) in [7, 11) is 1.35. The number of carboxylic acids is 1. The number of carbonyl (C=O) groups is 3. The van der Waals surface area contributed by atoms with E-state index < -0.39 is 60.4 Å². The molecule has 0 aromatic heterocycles. The summed E-state index contributed by atoms with van der Waals surface area (Å²) in [6.07, 6.45) is -1.80. The summed E-state index contributed by atoms with van der Waals surface area (Å²) in [6.45, 7) is 0. The Hall–Kier alpha value is -4.55. The van der Waals surface area contributed by atoms with Gasteiger partial charge in [-0.25, -0.2) is 14.4 Å². The third-order valence-electron chi connectivity index (χ3n) is 5.83. The highest BCUT2D eigenvalue weighted by Gasteiger charge is 2.54. The van der Waals surface area contributed by atoms with Crippen molar-refractivity contribution in [3.05, 3.63) is 59.7 Å². The van der Waals surface area contributed by atoms with Crippen molar-refractivity contribution in [1.29, 1.82) is 0 Å². The lowest BCUT2D eigenvalue weighted by molar-refractivity contribution is -0.207. The van der Waals surface area contributed by atoms with Crippen molar-refractivity contribution < 1.29 is 59.2 Å². The second-order valence-corrected chi connectivity index (χ2v) is 8.51. The lowest BCUT2D eigenvalue weighted by Gasteiger charge is -2.41. The van der Waals surface area contributed by atoms with Crippen LogP contribution in [0.2, 0.25) is 0 Å². The Labute approximate surface area is 216 Å². The molecule has 0 aliphatic heterocycles. The van der Waals surface area contributed by atoms with Gasteiger partial charge in [0.05, 0.1) is 13.2 Å². The number of aliphatic carboxylic acids is 1. The van der Waals surface area contributed by atoms with Crippen LogP contribution >= 0.6 is 0 Å². The van der Waals surface area contributed by atoms with Gasteiger partial charge in [-0.2, -0.15) is 0 Å². The lowest BCUT2D eigenvalue weighted by atomic mass is 9.79. The van der Waals surface area contributed by atoms with E-state index in [0.29, 0.717) is 11.1 Å². The summed E-state index contributed by atoms with van der Waals surface area (Å²) in [4.78, 5) is 36.9. The highest BCUT2D eigenvalue weighted by Crippen LogP contribution is 2.35. The molecule has 3 rings (SSSR count). The number of methoxy groups -OCH3 is 1. The van der Waals surface area contributed by atoms with Gasteiger partial charge in [0.15, 0.2) is 23.0 Å². The van der Waals surface area contributed by atoms with Crippen LogP contribution in [0.1, 0.15) is 24.0 Å². The number of aliphatic hydroxyl groups excluding tert-OH is 2. The van der Waals surface area contributed by atoms with Crippen LogP contribution in [0.25, 0.3) is 12.2 Å². The van der Waals surface area contributed by atoms with E-state index in [1.807, 2.05) is 0 Å². The minimum atomic E-state index is -2.32. The third kappa shape index (κ3) is 6.60. The molecule has 12 nitrogen and oxygen atoms in total. The van der Waals surface area contributed by atoms with Gasteiger partial charge in [0, 0.05) is 25.0 Å². The normalized spacial score (nSPS) is 23.3. The molecule has 1 aliphatic carbocycles. The number of ether oxygens (including phenoxy) is 3. The topological polar surface area (TPSA) is 200 Å². The van der Waals surface area contributed by atoms with Crippen LogP contribution in [-0.4, -0.2) is 79.6 Å². The second-order valence-electron chi connectivity index (χ2n) is 8.51. The van der Waals surface area contributed by atoms with Gasteiger partial charge in [-0.05, 0) is 47.5 Å². The molecule has 202 valence electrons. The number of carboxylic acid groups (broad SMARTS) is 1. The van der Waals surface area contributed by atoms with Gasteiger partial charge >= 0.3 is 17.9 Å². The monoisotopic (exact) mass is 530 g/mol. The third-order valence-corrected chi connectivity index (χ3v) is 5.83. The Kier molecular flexibility index (Phi) is 8.61. The molecule has 1 aliphatic rings. The number of esters is 2. The Morgan fingerprint density at radius 2 is 1.47 bits per heavy atom. The summed E-state index contributed by atoms with van der Waals surface area (Å²) in [5, 5.41) is 59.0. The maximum atomic E-state index is 12.4. The molecule has 0 spiro atoms. The van der Waals surface area contributed by atoms with Gasteiger partial charge in [-0.1, -0.05) is 12.1 Å². The molecule has 6 N–H and O–H groups in total. The molecule has 2 aromatic carbocycles. The zero-order valence-corrected chi connectivity index (χ0v) is 20.1. The van der Waals surface area contributed by atoms with Crippen molar-refractivity contribution in [2.45, 2.75) is 36.8 Å². The van der Waals surface area contributed by atoms with Crippen molar-refractivity contribution in [2.24, 2.45) is 0 Å². The first-order chi connectivity index (χ1) is 17.9. The molecule has 0 bridgehead atoms. The fraction of sp³-hybridized carbons (Fsp3) is 0.269. The zero-order chi connectivity index (χ0) is 28.0. The predicted molar refractivity (Wildman–Crippen MR) is 130 cm³/mol. The molecule has 0 heterocycles. The number of phenolic OH excluding ortho intramolecular Hbond substituents is 3. The quantitative estimate of drug-likeness (QED) is 0.163. The highest BCUT2D eigenvalue weighted by molar-refractivity contribution is 5.91. The number of hydrogen-bond donors (Lipinski definition) is 6. The summed E-state index contributed by atoms with van der Waals surface area (Å²) in [5.41, 5.74) is -1.56. The van der Waals surface area contributed by atoms with Crippen LogP contribution in [0.15, 0.2) is 48.6 Å². The predicted octanol–water partition coefficient (Wildman–Crippen LogP) is 1.33. The molecule has 0 unspecified atom stereocenters. The minimum Gasteiger partial charge on any atom is -0.504 e. The van der Waals surface area contributed by atoms with Crippen molar-refractivity contribution in [3.8, 4) is 23.0 Å². The van der Waals surface area contributed by atoms with E-state index in [1.54, 1.807) is 0 Å². The number of rotatable bonds is 8. The van der Waals surface area contributed by atoms with Gasteiger partial charge in [-0.15, -0.1) is 0 Å². The van der Waals surface area contributed by atoms with Gasteiger partial charge < -0.3 is 44.8 Å². The molecule has 0 radical (unpaired) electrons. The molecule has 4 atom stereocenters. The molecular weight excluding hydrogens is 504 g/mol. The van der Waals surface area contributed by atoms with E-state index in [-0.39, 0.29) is 17.2 Å². The summed E-state index contributed by atoms with van der Waals surface area (Å²) in [5.74, 6) is -4.47. The average Bonchev–Trinajstić information content (AvgIpc) is 2.87. The Bertz CT molecular complexity index is 1270. The van der Waals surface area contributed by atoms with Crippen LogP contribution < -0.4 is 4.74 Å². The Morgan fingerprint density at radius 3 is 2.08 bits per heavy atom. The Balaban J connectivity index is 1.73. The summed E-state index contributed by atoms with van der Waals surface area (Å²) >= 11 is 0. The number of hydrogen-bond acceptors (Lipinski definition) is 11. The maximum Gasteiger partial charge on any atom is 0.348 e. The Morgan fingerprint density at radius 1 is 0.868 bits per heavy atom. The summed E-state index contributed by atoms with van der Waals surface area (Å²) in [6, 6.07) is 8.00. The SMILES string of the molecule is COc1cc(/C=C/C(=O)O[C@@H]2C[C@@](OC(=O)/C=C/c3ccc(O)c(O)c3)(C(=O)O)C[C@@H](O)[C@@H]2O)ccc1O. The fourth-order valence-electron chi connectivity index (χ4n) is 3.83. The van der Waals surface area contributed by atoms with Crippen molar-refractivity contribution in [1.82, 2.24) is 0 Å². The van der Waals surface area contributed by atoms with Crippen LogP contribution in [0, 0.1) is 0 Å². The largest absolute Gasteiger partial charge is 0.504 e. The molecule has 1 fully saturated rings. The number of carbonyl (C=O) groups excluding carboxylic acids is 2. The molecule has 1 saturated carbocycles. The second kappa shape index (κ2) is 11.7. The number of aromatic hydroxyl groups is 3. The van der Waals surface area contributed by atoms with Crippen molar-refractivity contribution in [3.63, 3.8) is 0 Å². The van der Waals surface area contributed by atoms with Crippen LogP contribution in [-0.2, 0) is 23.9 Å². The van der Waals surface area contributed by atoms with E-state index in [2.05, 4.69) is 0 Å². The lowest BCUT2D eigenvalue weighted by Crippen LogP contribution is -2.58. The molecule has 2 aromatic rings. The first-order valence-corrected chi connectivity index (χ1v) is 11.2. The number of phenols is 3. The van der Waals surface area contributed by atoms with E-state index >= 15 is 0 Å². The smallest absolute Gasteiger partial charge is 0.348 e. The zero-order valence-electron chi connectivity index (χ0n) is 20.1. The van der Waals surface area contributed by atoms with E-state index in [1.165, 1.54) is 49.6 Å². The maximum absolute atomic E-state index is 12.4. The van der Waals surface area contributed by atoms with E-state index in [4.69, 9.17) is 14.2 Å². The summed E-state index contributed by atoms with van der Waals surface area (Å²) < 4.78 is 15.3. The van der Waals surface area contributed by atoms with Gasteiger partial charge in [-0.3, -0.25) is 0 Å². The van der Waals surface area contributed by atoms with Crippen LogP contribution in [0.4, 0.5) is 0 Å². The average molecular weight is 530 g/mol. The molecule has 0 amide bonds. The molecule has 0 saturated heterocycles. The number of benzene rings is 2. The van der Waals surface area contributed by atoms with E-state index in [0.717, 1.165) is 18.2 Å². The van der Waals surface area contributed by atoms with Crippen molar-refractivity contribution >= 4 is 30.1 Å². The highest BCUT2D eigenvalue weighted by atomic mass is 16.6. The van der Waals surface area contributed by atoms with E-state index in [9.17, 15) is 45.0 Å². The first kappa shape index (κ1) is 28.0. The van der Waals surface area contributed by atoms with Gasteiger partial charge in [0.1, 0.15) is 12.2 Å². The van der Waals surface area contributed by atoms with Gasteiger partial charge in [0.25, 0.3) is 0 Å². The fourth-order valence-corrected chi connectivity index (χ4v) is 3.83. The van der Waals surface area contributed by atoms with Crippen LogP contribution in [0.5, 0.6) is 23.0 Å². The molecular formula is C26H26O12. The number of aliphatic hydroxyl groups is 2. The molecule has 12 heteroatoms. The minimum absolute atomic E-state index is 0.109. The van der Waals surface area contributed by atoms with Gasteiger partial charge in [0.2, 0.25) is 5.60 Å². The first-order valence-electron chi connectivity index (χ1n) is 11.2. The molecule has 38 heavy (non-hydrogen) atoms. The van der Waals surface area contributed by atoms with Crippen molar-refractivity contribution in [2.75, 3.05) is 7.11 Å².